The Balaban J connectivity index is 1.69. The average molecular weight is 319 g/mol. The molecule has 1 atom stereocenters. The van der Waals surface area contributed by atoms with Crippen molar-refractivity contribution in [1.29, 1.82) is 0 Å². The number of nitrogens with one attached hydrogen (secondary N) is 1. The Bertz CT molecular complexity index is 879. The van der Waals surface area contributed by atoms with Gasteiger partial charge in [-0.3, -0.25) is 4.79 Å². The van der Waals surface area contributed by atoms with Crippen molar-refractivity contribution in [2.45, 2.75) is 32.7 Å². The molecular weight excluding hydrogens is 298 g/mol. The van der Waals surface area contributed by atoms with E-state index in [0.717, 1.165) is 52.9 Å². The van der Waals surface area contributed by atoms with E-state index in [1.807, 2.05) is 61.2 Å². The molecule has 0 radical (unpaired) electrons. The molecule has 2 heterocycles. The second-order valence-corrected chi connectivity index (χ2v) is 6.54. The molecule has 0 aliphatic carbocycles. The first-order chi connectivity index (χ1) is 11.6. The van der Waals surface area contributed by atoms with Gasteiger partial charge in [-0.05, 0) is 56.0 Å². The minimum atomic E-state index is 0.0322. The van der Waals surface area contributed by atoms with Crippen LogP contribution in [0.4, 0.5) is 0 Å². The third kappa shape index (κ3) is 2.39. The minimum absolute atomic E-state index is 0.0322. The zero-order valence-corrected chi connectivity index (χ0v) is 14.0. The molecule has 24 heavy (non-hydrogen) atoms. The molecule has 4 rings (SSSR count). The number of aromatic amines is 1. The maximum atomic E-state index is 13.1. The van der Waals surface area contributed by atoms with Crippen LogP contribution >= 0.6 is 0 Å². The first-order valence-electron chi connectivity index (χ1n) is 8.47. The van der Waals surface area contributed by atoms with Gasteiger partial charge in [-0.25, -0.2) is 4.98 Å². The van der Waals surface area contributed by atoms with E-state index in [9.17, 15) is 4.79 Å². The Morgan fingerprint density at radius 1 is 1.17 bits per heavy atom. The number of rotatable bonds is 2. The molecule has 1 amide bonds. The maximum Gasteiger partial charge on any atom is 0.254 e. The number of benzene rings is 2. The molecule has 1 fully saturated rings. The fraction of sp³-hybridized carbons (Fsp3) is 0.300. The maximum absolute atomic E-state index is 13.1. The predicted molar refractivity (Wildman–Crippen MR) is 95.0 cm³/mol. The number of likely N-dealkylation sites (tertiary alicyclic amines) is 1. The first-order valence-corrected chi connectivity index (χ1v) is 8.47. The number of carbonyl (C=O) groups excluding carboxylic acids is 1. The summed E-state index contributed by atoms with van der Waals surface area (Å²) in [6, 6.07) is 14.0. The smallest absolute Gasteiger partial charge is 0.254 e. The van der Waals surface area contributed by atoms with Gasteiger partial charge in [-0.2, -0.15) is 0 Å². The fourth-order valence-corrected chi connectivity index (χ4v) is 3.56. The van der Waals surface area contributed by atoms with Crippen molar-refractivity contribution in [1.82, 2.24) is 14.9 Å². The normalized spacial score (nSPS) is 17.6. The number of aromatic nitrogens is 2. The standard InChI is InChI=1S/C20H21N3O/c1-13-7-5-8-15(14(13)2)20(24)23-12-6-11-18(23)19-21-16-9-3-4-10-17(16)22-19/h3-5,7-10,18H,6,11-12H2,1-2H3,(H,21,22). The van der Waals surface area contributed by atoms with E-state index >= 15 is 0 Å². The van der Waals surface area contributed by atoms with Crippen molar-refractivity contribution in [2.75, 3.05) is 6.54 Å². The van der Waals surface area contributed by atoms with Gasteiger partial charge in [0.15, 0.2) is 0 Å². The molecule has 1 aromatic heterocycles. The van der Waals surface area contributed by atoms with Crippen molar-refractivity contribution in [3.8, 4) is 0 Å². The molecule has 1 saturated heterocycles. The molecule has 1 aliphatic rings. The molecule has 4 heteroatoms. The number of para-hydroxylation sites is 2. The minimum Gasteiger partial charge on any atom is -0.340 e. The topological polar surface area (TPSA) is 49.0 Å². The van der Waals surface area contributed by atoms with Crippen LogP contribution in [-0.2, 0) is 0 Å². The van der Waals surface area contributed by atoms with Crippen LogP contribution in [0.5, 0.6) is 0 Å². The Labute approximate surface area is 141 Å². The van der Waals surface area contributed by atoms with Crippen molar-refractivity contribution in [3.05, 3.63) is 65.0 Å². The Hall–Kier alpha value is -2.62. The summed E-state index contributed by atoms with van der Waals surface area (Å²) in [6.07, 6.45) is 1.97. The first kappa shape index (κ1) is 14.9. The third-order valence-electron chi connectivity index (χ3n) is 5.07. The van der Waals surface area contributed by atoms with E-state index in [1.165, 1.54) is 0 Å². The molecular formula is C20H21N3O. The van der Waals surface area contributed by atoms with Crippen LogP contribution in [0.15, 0.2) is 42.5 Å². The molecule has 0 saturated carbocycles. The van der Waals surface area contributed by atoms with Gasteiger partial charge in [0.2, 0.25) is 0 Å². The molecule has 3 aromatic rings. The van der Waals surface area contributed by atoms with Crippen LogP contribution in [-0.4, -0.2) is 27.3 Å². The highest BCUT2D eigenvalue weighted by molar-refractivity contribution is 5.96. The summed E-state index contributed by atoms with van der Waals surface area (Å²) in [5, 5.41) is 0. The highest BCUT2D eigenvalue weighted by Crippen LogP contribution is 2.33. The number of amides is 1. The molecule has 1 unspecified atom stereocenters. The molecule has 2 aromatic carbocycles. The number of hydrogen-bond acceptors (Lipinski definition) is 2. The summed E-state index contributed by atoms with van der Waals surface area (Å²) in [4.78, 5) is 23.2. The van der Waals surface area contributed by atoms with E-state index in [-0.39, 0.29) is 11.9 Å². The summed E-state index contributed by atoms with van der Waals surface area (Å²) in [5.41, 5.74) is 5.01. The van der Waals surface area contributed by atoms with Crippen LogP contribution in [0.3, 0.4) is 0 Å². The van der Waals surface area contributed by atoms with E-state index in [2.05, 4.69) is 4.98 Å². The van der Waals surface area contributed by atoms with Gasteiger partial charge in [0.25, 0.3) is 5.91 Å². The van der Waals surface area contributed by atoms with Gasteiger partial charge in [0.05, 0.1) is 17.1 Å². The van der Waals surface area contributed by atoms with Crippen LogP contribution in [0.1, 0.15) is 46.2 Å². The summed E-state index contributed by atoms with van der Waals surface area (Å²) < 4.78 is 0. The molecule has 0 bridgehead atoms. The van der Waals surface area contributed by atoms with Gasteiger partial charge in [-0.15, -0.1) is 0 Å². The number of fused-ring (bicyclic) bond motifs is 1. The lowest BCUT2D eigenvalue weighted by Gasteiger charge is -2.24. The number of hydrogen-bond donors (Lipinski definition) is 1. The Kier molecular flexibility index (Phi) is 3.60. The lowest BCUT2D eigenvalue weighted by atomic mass is 10.0. The zero-order valence-electron chi connectivity index (χ0n) is 14.0. The van der Waals surface area contributed by atoms with E-state index in [1.54, 1.807) is 0 Å². The number of aryl methyl sites for hydroxylation is 1. The monoisotopic (exact) mass is 319 g/mol. The van der Waals surface area contributed by atoms with Gasteiger partial charge in [0.1, 0.15) is 5.82 Å². The van der Waals surface area contributed by atoms with E-state index in [4.69, 9.17) is 4.98 Å². The van der Waals surface area contributed by atoms with Crippen molar-refractivity contribution in [3.63, 3.8) is 0 Å². The van der Waals surface area contributed by atoms with Gasteiger partial charge in [0, 0.05) is 12.1 Å². The predicted octanol–water partition coefficient (Wildman–Crippen LogP) is 4.16. The van der Waals surface area contributed by atoms with E-state index in [0.29, 0.717) is 0 Å². The summed E-state index contributed by atoms with van der Waals surface area (Å²) in [6.45, 7) is 4.86. The van der Waals surface area contributed by atoms with Crippen molar-refractivity contribution < 1.29 is 4.79 Å². The second kappa shape index (κ2) is 5.78. The largest absolute Gasteiger partial charge is 0.340 e. The quantitative estimate of drug-likeness (QED) is 0.771. The zero-order chi connectivity index (χ0) is 16.7. The highest BCUT2D eigenvalue weighted by atomic mass is 16.2. The Morgan fingerprint density at radius 2 is 2.00 bits per heavy atom. The van der Waals surface area contributed by atoms with Crippen molar-refractivity contribution >= 4 is 16.9 Å². The fourth-order valence-electron chi connectivity index (χ4n) is 3.56. The number of H-pyrrole nitrogens is 1. The van der Waals surface area contributed by atoms with Crippen LogP contribution in [0.25, 0.3) is 11.0 Å². The lowest BCUT2D eigenvalue weighted by Crippen LogP contribution is -2.31. The SMILES string of the molecule is Cc1cccc(C(=O)N2CCCC2c2nc3ccccc3[nH]2)c1C. The molecule has 1 aliphatic heterocycles. The average Bonchev–Trinajstić information content (AvgIpc) is 3.22. The van der Waals surface area contributed by atoms with Crippen LogP contribution in [0, 0.1) is 13.8 Å². The number of nitrogens with zero attached hydrogens (tertiary/aromatic N) is 2. The van der Waals surface area contributed by atoms with Crippen LogP contribution < -0.4 is 0 Å². The highest BCUT2D eigenvalue weighted by Gasteiger charge is 2.33. The number of carbonyl (C=O) groups is 1. The van der Waals surface area contributed by atoms with E-state index < -0.39 is 0 Å². The van der Waals surface area contributed by atoms with Gasteiger partial charge >= 0.3 is 0 Å². The molecule has 0 spiro atoms. The van der Waals surface area contributed by atoms with Crippen molar-refractivity contribution in [2.24, 2.45) is 0 Å². The molecule has 1 N–H and O–H groups in total. The molecule has 4 nitrogen and oxygen atoms in total. The number of imidazole rings is 1. The molecule has 122 valence electrons. The van der Waals surface area contributed by atoms with Gasteiger partial charge in [-0.1, -0.05) is 24.3 Å². The van der Waals surface area contributed by atoms with Crippen LogP contribution in [0.2, 0.25) is 0 Å². The third-order valence-corrected chi connectivity index (χ3v) is 5.07. The lowest BCUT2D eigenvalue weighted by molar-refractivity contribution is 0.0729. The summed E-state index contributed by atoms with van der Waals surface area (Å²) in [7, 11) is 0. The summed E-state index contributed by atoms with van der Waals surface area (Å²) >= 11 is 0. The van der Waals surface area contributed by atoms with Gasteiger partial charge < -0.3 is 9.88 Å². The second-order valence-electron chi connectivity index (χ2n) is 6.54. The summed E-state index contributed by atoms with van der Waals surface area (Å²) in [5.74, 6) is 1.01. The Morgan fingerprint density at radius 3 is 2.83 bits per heavy atom.